The lowest BCUT2D eigenvalue weighted by atomic mass is 9.93. The van der Waals surface area contributed by atoms with Gasteiger partial charge in [0.1, 0.15) is 5.84 Å². The van der Waals surface area contributed by atoms with Gasteiger partial charge in [0.05, 0.1) is 6.04 Å². The minimum Gasteiger partial charge on any atom is -0.465 e. The Kier molecular flexibility index (Phi) is 7.20. The fourth-order valence-corrected chi connectivity index (χ4v) is 3.82. The summed E-state index contributed by atoms with van der Waals surface area (Å²) in [4.78, 5) is 18.5. The maximum atomic E-state index is 11.9. The molecule has 4 nitrogen and oxygen atoms in total. The van der Waals surface area contributed by atoms with Gasteiger partial charge >= 0.3 is 6.09 Å². The molecule has 0 saturated heterocycles. The summed E-state index contributed by atoms with van der Waals surface area (Å²) in [6, 6.07) is 0.511. The number of hydrogen-bond acceptors (Lipinski definition) is 2. The first-order valence-corrected chi connectivity index (χ1v) is 9.31. The molecule has 0 aliphatic heterocycles. The summed E-state index contributed by atoms with van der Waals surface area (Å²) in [6.45, 7) is 2.16. The van der Waals surface area contributed by atoms with Crippen LogP contribution in [0.15, 0.2) is 4.99 Å². The number of aliphatic imine (C=N–C) groups is 1. The number of nitrogens with zero attached hydrogens (tertiary/aromatic N) is 2. The number of amides is 1. The molecule has 0 spiro atoms. The highest BCUT2D eigenvalue weighted by atomic mass is 16.4. The van der Waals surface area contributed by atoms with Crippen molar-refractivity contribution in [3.05, 3.63) is 0 Å². The van der Waals surface area contributed by atoms with Crippen LogP contribution in [0.3, 0.4) is 0 Å². The second-order valence-electron chi connectivity index (χ2n) is 6.89. The van der Waals surface area contributed by atoms with Gasteiger partial charge in [-0.3, -0.25) is 9.89 Å². The molecule has 0 radical (unpaired) electrons. The summed E-state index contributed by atoms with van der Waals surface area (Å²) in [5.41, 5.74) is 0. The van der Waals surface area contributed by atoms with E-state index in [4.69, 9.17) is 4.99 Å². The first-order valence-electron chi connectivity index (χ1n) is 9.31. The van der Waals surface area contributed by atoms with Gasteiger partial charge < -0.3 is 5.11 Å². The molecule has 22 heavy (non-hydrogen) atoms. The molecule has 126 valence electrons. The maximum Gasteiger partial charge on any atom is 0.413 e. The monoisotopic (exact) mass is 308 g/mol. The number of unbranched alkanes of at least 4 members (excludes halogenated alkanes) is 1. The summed E-state index contributed by atoms with van der Waals surface area (Å²) < 4.78 is 0. The molecule has 0 heterocycles. The molecular formula is C18H32N2O2. The highest BCUT2D eigenvalue weighted by Crippen LogP contribution is 2.26. The molecule has 2 fully saturated rings. The Balaban J connectivity index is 2.14. The largest absolute Gasteiger partial charge is 0.465 e. The highest BCUT2D eigenvalue weighted by molar-refractivity contribution is 5.95. The Morgan fingerprint density at radius 3 is 2.18 bits per heavy atom. The first kappa shape index (κ1) is 17.3. The van der Waals surface area contributed by atoms with Gasteiger partial charge in [0.15, 0.2) is 0 Å². The molecule has 0 bridgehead atoms. The van der Waals surface area contributed by atoms with Crippen molar-refractivity contribution in [2.24, 2.45) is 4.99 Å². The summed E-state index contributed by atoms with van der Waals surface area (Å²) in [5.74, 6) is 0.855. The molecule has 2 saturated carbocycles. The zero-order chi connectivity index (χ0) is 15.8. The molecule has 4 heteroatoms. The van der Waals surface area contributed by atoms with Crippen LogP contribution in [0.2, 0.25) is 0 Å². The Morgan fingerprint density at radius 1 is 1.05 bits per heavy atom. The molecule has 0 aromatic carbocycles. The van der Waals surface area contributed by atoms with Gasteiger partial charge in [0.2, 0.25) is 0 Å². The van der Waals surface area contributed by atoms with Gasteiger partial charge in [-0.25, -0.2) is 4.79 Å². The summed E-state index contributed by atoms with van der Waals surface area (Å²) in [5, 5.41) is 9.77. The number of amidine groups is 1. The van der Waals surface area contributed by atoms with Gasteiger partial charge in [0.25, 0.3) is 0 Å². The fraction of sp³-hybridized carbons (Fsp3) is 0.889. The summed E-state index contributed by atoms with van der Waals surface area (Å²) in [7, 11) is 0. The van der Waals surface area contributed by atoms with Crippen molar-refractivity contribution in [1.82, 2.24) is 4.90 Å². The number of hydrogen-bond donors (Lipinski definition) is 1. The lowest BCUT2D eigenvalue weighted by Gasteiger charge is -2.34. The number of carbonyl (C=O) groups is 1. The van der Waals surface area contributed by atoms with Crippen molar-refractivity contribution in [1.29, 1.82) is 0 Å². The molecule has 0 aromatic rings. The average molecular weight is 308 g/mol. The van der Waals surface area contributed by atoms with E-state index in [1.807, 2.05) is 0 Å². The Hall–Kier alpha value is -1.06. The molecule has 0 unspecified atom stereocenters. The minimum atomic E-state index is -0.794. The third kappa shape index (κ3) is 4.99. The van der Waals surface area contributed by atoms with Crippen molar-refractivity contribution >= 4 is 11.9 Å². The summed E-state index contributed by atoms with van der Waals surface area (Å²) >= 11 is 0. The van der Waals surface area contributed by atoms with E-state index in [1.165, 1.54) is 25.7 Å². The lowest BCUT2D eigenvalue weighted by Crippen LogP contribution is -2.45. The van der Waals surface area contributed by atoms with Crippen LogP contribution in [-0.4, -0.2) is 34.0 Å². The third-order valence-electron chi connectivity index (χ3n) is 5.08. The van der Waals surface area contributed by atoms with E-state index in [2.05, 4.69) is 6.92 Å². The normalized spacial score (nSPS) is 21.8. The van der Waals surface area contributed by atoms with E-state index in [0.717, 1.165) is 63.6 Å². The first-order chi connectivity index (χ1) is 10.7. The number of carboxylic acid groups (broad SMARTS) is 1. The van der Waals surface area contributed by atoms with E-state index in [9.17, 15) is 9.90 Å². The van der Waals surface area contributed by atoms with E-state index < -0.39 is 6.09 Å². The predicted molar refractivity (Wildman–Crippen MR) is 90.6 cm³/mol. The fourth-order valence-electron chi connectivity index (χ4n) is 3.82. The van der Waals surface area contributed by atoms with Crippen LogP contribution in [-0.2, 0) is 0 Å². The van der Waals surface area contributed by atoms with Crippen LogP contribution >= 0.6 is 0 Å². The van der Waals surface area contributed by atoms with Crippen LogP contribution in [0.5, 0.6) is 0 Å². The van der Waals surface area contributed by atoms with Crippen LogP contribution in [0.1, 0.15) is 90.4 Å². The van der Waals surface area contributed by atoms with Crippen LogP contribution in [0, 0.1) is 0 Å². The molecular weight excluding hydrogens is 276 g/mol. The van der Waals surface area contributed by atoms with E-state index in [0.29, 0.717) is 6.04 Å². The van der Waals surface area contributed by atoms with Crippen molar-refractivity contribution in [2.45, 2.75) is 102 Å². The lowest BCUT2D eigenvalue weighted by molar-refractivity contribution is 0.145. The van der Waals surface area contributed by atoms with E-state index >= 15 is 0 Å². The zero-order valence-corrected chi connectivity index (χ0v) is 14.1. The van der Waals surface area contributed by atoms with Gasteiger partial charge in [-0.2, -0.15) is 0 Å². The topological polar surface area (TPSA) is 52.9 Å². The maximum absolute atomic E-state index is 11.9. The average Bonchev–Trinajstić information content (AvgIpc) is 2.54. The SMILES string of the molecule is CCCCC(=NC1CCCCC1)N(C(=O)O)C1CCCCC1. The Bertz CT molecular complexity index is 369. The van der Waals surface area contributed by atoms with Crippen molar-refractivity contribution < 1.29 is 9.90 Å². The van der Waals surface area contributed by atoms with Gasteiger partial charge in [0, 0.05) is 12.5 Å². The van der Waals surface area contributed by atoms with Crippen LogP contribution < -0.4 is 0 Å². The second kappa shape index (κ2) is 9.16. The molecule has 1 N–H and O–H groups in total. The zero-order valence-electron chi connectivity index (χ0n) is 14.1. The van der Waals surface area contributed by atoms with Gasteiger partial charge in [-0.1, -0.05) is 51.9 Å². The highest BCUT2D eigenvalue weighted by Gasteiger charge is 2.29. The second-order valence-corrected chi connectivity index (χ2v) is 6.89. The van der Waals surface area contributed by atoms with E-state index in [1.54, 1.807) is 4.90 Å². The molecule has 2 aliphatic carbocycles. The standard InChI is InChI=1S/C18H32N2O2/c1-2-3-14-17(19-15-10-6-4-7-11-15)20(18(21)22)16-12-8-5-9-13-16/h15-16H,2-14H2,1H3,(H,21,22). The molecule has 1 amide bonds. The van der Waals surface area contributed by atoms with Crippen molar-refractivity contribution in [2.75, 3.05) is 0 Å². The van der Waals surface area contributed by atoms with Crippen molar-refractivity contribution in [3.8, 4) is 0 Å². The molecule has 2 aliphatic rings. The number of rotatable bonds is 5. The molecule has 2 rings (SSSR count). The van der Waals surface area contributed by atoms with Gasteiger partial charge in [-0.15, -0.1) is 0 Å². The minimum absolute atomic E-state index is 0.158. The van der Waals surface area contributed by atoms with E-state index in [-0.39, 0.29) is 6.04 Å². The summed E-state index contributed by atoms with van der Waals surface area (Å²) in [6.07, 6.45) is 13.7. The Labute approximate surface area is 135 Å². The van der Waals surface area contributed by atoms with Gasteiger partial charge in [-0.05, 0) is 32.1 Å². The van der Waals surface area contributed by atoms with Crippen molar-refractivity contribution in [3.63, 3.8) is 0 Å². The van der Waals surface area contributed by atoms with Crippen LogP contribution in [0.4, 0.5) is 4.79 Å². The third-order valence-corrected chi connectivity index (χ3v) is 5.08. The Morgan fingerprint density at radius 2 is 1.64 bits per heavy atom. The quantitative estimate of drug-likeness (QED) is 0.559. The predicted octanol–water partition coefficient (Wildman–Crippen LogP) is 5.22. The smallest absolute Gasteiger partial charge is 0.413 e. The molecule has 0 atom stereocenters. The molecule has 0 aromatic heterocycles. The van der Waals surface area contributed by atoms with Crippen LogP contribution in [0.25, 0.3) is 0 Å².